The number of nitro groups is 1. The molecule has 0 bridgehead atoms. The molecule has 2 rings (SSSR count). The number of rotatable bonds is 10. The number of ether oxygens (including phenoxy) is 2. The normalized spacial score (nSPS) is 10.4. The molecule has 0 saturated carbocycles. The van der Waals surface area contributed by atoms with Crippen LogP contribution in [0.4, 0.5) is 5.69 Å². The van der Waals surface area contributed by atoms with Crippen LogP contribution in [0.15, 0.2) is 42.5 Å². The van der Waals surface area contributed by atoms with E-state index in [9.17, 15) is 14.9 Å². The van der Waals surface area contributed by atoms with Gasteiger partial charge < -0.3 is 14.4 Å². The average Bonchev–Trinajstić information content (AvgIpc) is 2.69. The van der Waals surface area contributed by atoms with Gasteiger partial charge in [-0.3, -0.25) is 14.9 Å². The quantitative estimate of drug-likeness (QED) is 0.444. The molecule has 0 heterocycles. The third kappa shape index (κ3) is 6.16. The van der Waals surface area contributed by atoms with Gasteiger partial charge in [0.25, 0.3) is 0 Å². The van der Waals surface area contributed by atoms with Gasteiger partial charge in [-0.05, 0) is 30.2 Å². The second-order valence-corrected chi connectivity index (χ2v) is 7.17. The molecule has 0 unspecified atom stereocenters. The van der Waals surface area contributed by atoms with Gasteiger partial charge in [0.2, 0.25) is 5.91 Å². The summed E-state index contributed by atoms with van der Waals surface area (Å²) in [5.74, 6) is 1.83. The number of likely N-dealkylation sites (N-methyl/N-ethyl adjacent to an activating group) is 1. The number of nitro benzene ring substituents is 1. The molecular weight excluding hydrogens is 380 g/mol. The van der Waals surface area contributed by atoms with E-state index in [1.807, 2.05) is 31.2 Å². The zero-order valence-corrected chi connectivity index (χ0v) is 17.0. The molecule has 7 nitrogen and oxygen atoms in total. The third-order valence-electron chi connectivity index (χ3n) is 4.14. The van der Waals surface area contributed by atoms with Crippen LogP contribution >= 0.6 is 11.8 Å². The third-order valence-corrected chi connectivity index (χ3v) is 5.13. The van der Waals surface area contributed by atoms with E-state index >= 15 is 0 Å². The van der Waals surface area contributed by atoms with Gasteiger partial charge >= 0.3 is 5.69 Å². The largest absolute Gasteiger partial charge is 0.491 e. The Morgan fingerprint density at radius 1 is 1.21 bits per heavy atom. The monoisotopic (exact) mass is 404 g/mol. The Morgan fingerprint density at radius 2 is 1.96 bits per heavy atom. The van der Waals surface area contributed by atoms with Crippen molar-refractivity contribution in [2.75, 3.05) is 33.1 Å². The van der Waals surface area contributed by atoms with Crippen LogP contribution in [0.5, 0.6) is 11.5 Å². The predicted molar refractivity (Wildman–Crippen MR) is 110 cm³/mol. The number of carbonyl (C=O) groups excluding carboxylic acids is 1. The van der Waals surface area contributed by atoms with Crippen molar-refractivity contribution in [1.29, 1.82) is 0 Å². The molecule has 0 aliphatic heterocycles. The number of benzene rings is 2. The van der Waals surface area contributed by atoms with Crippen LogP contribution in [0, 0.1) is 17.0 Å². The van der Waals surface area contributed by atoms with Crippen LogP contribution < -0.4 is 9.47 Å². The van der Waals surface area contributed by atoms with Crippen LogP contribution in [-0.4, -0.2) is 48.8 Å². The molecule has 0 aromatic heterocycles. The molecule has 0 aliphatic rings. The highest BCUT2D eigenvalue weighted by molar-refractivity contribution is 7.99. The second kappa shape index (κ2) is 10.6. The van der Waals surface area contributed by atoms with Crippen molar-refractivity contribution in [2.24, 2.45) is 0 Å². The Bertz CT molecular complexity index is 828. The zero-order chi connectivity index (χ0) is 20.5. The fraction of sp³-hybridized carbons (Fsp3) is 0.350. The Morgan fingerprint density at radius 3 is 2.64 bits per heavy atom. The molecule has 8 heteroatoms. The highest BCUT2D eigenvalue weighted by Crippen LogP contribution is 2.29. The number of nitrogens with zero attached hydrogens (tertiary/aromatic N) is 2. The maximum Gasteiger partial charge on any atom is 0.311 e. The fourth-order valence-electron chi connectivity index (χ4n) is 2.47. The first-order valence-electron chi connectivity index (χ1n) is 8.73. The molecule has 0 atom stereocenters. The summed E-state index contributed by atoms with van der Waals surface area (Å²) in [7, 11) is 3.14. The minimum absolute atomic E-state index is 0.0126. The van der Waals surface area contributed by atoms with Crippen molar-refractivity contribution >= 4 is 23.4 Å². The molecule has 0 radical (unpaired) electrons. The van der Waals surface area contributed by atoms with Crippen LogP contribution in [0.2, 0.25) is 0 Å². The first-order chi connectivity index (χ1) is 13.4. The molecule has 0 spiro atoms. The Labute approximate surface area is 168 Å². The molecule has 0 N–H and O–H groups in total. The van der Waals surface area contributed by atoms with E-state index in [-0.39, 0.29) is 17.3 Å². The number of amides is 1. The maximum atomic E-state index is 12.2. The number of aryl methyl sites for hydroxylation is 1. The molecule has 1 amide bonds. The lowest BCUT2D eigenvalue weighted by molar-refractivity contribution is -0.385. The topological polar surface area (TPSA) is 81.9 Å². The number of para-hydroxylation sites is 1. The molecule has 2 aromatic rings. The van der Waals surface area contributed by atoms with E-state index in [2.05, 4.69) is 0 Å². The lowest BCUT2D eigenvalue weighted by Gasteiger charge is -2.18. The maximum absolute atomic E-state index is 12.2. The molecule has 0 saturated heterocycles. The Hall–Kier alpha value is -2.74. The summed E-state index contributed by atoms with van der Waals surface area (Å²) in [5.41, 5.74) is 1.76. The predicted octanol–water partition coefficient (Wildman–Crippen LogP) is 3.68. The summed E-state index contributed by atoms with van der Waals surface area (Å²) in [4.78, 5) is 24.5. The molecule has 0 aliphatic carbocycles. The van der Waals surface area contributed by atoms with Crippen molar-refractivity contribution in [3.63, 3.8) is 0 Å². The molecule has 2 aromatic carbocycles. The summed E-state index contributed by atoms with van der Waals surface area (Å²) >= 11 is 1.41. The standard InChI is InChI=1S/C20H24N2O5S/c1-15-6-4-5-7-18(15)27-11-10-21(2)20(23)14-28-13-16-8-9-19(26-3)17(12-16)22(24)25/h4-9,12H,10-11,13-14H2,1-3H3. The fourth-order valence-corrected chi connectivity index (χ4v) is 3.38. The van der Waals surface area contributed by atoms with Gasteiger partial charge in [0.05, 0.1) is 24.3 Å². The average molecular weight is 404 g/mol. The number of hydrogen-bond donors (Lipinski definition) is 0. The lowest BCUT2D eigenvalue weighted by atomic mass is 10.2. The van der Waals surface area contributed by atoms with E-state index < -0.39 is 4.92 Å². The highest BCUT2D eigenvalue weighted by atomic mass is 32.2. The minimum Gasteiger partial charge on any atom is -0.491 e. The summed E-state index contributed by atoms with van der Waals surface area (Å²) in [6.07, 6.45) is 0. The molecule has 150 valence electrons. The summed E-state index contributed by atoms with van der Waals surface area (Å²) in [6.45, 7) is 2.88. The number of thioether (sulfide) groups is 1. The SMILES string of the molecule is COc1ccc(CSCC(=O)N(C)CCOc2ccccc2C)cc1[N+](=O)[O-]. The highest BCUT2D eigenvalue weighted by Gasteiger charge is 2.15. The Kier molecular flexibility index (Phi) is 8.13. The van der Waals surface area contributed by atoms with Crippen LogP contribution in [0.1, 0.15) is 11.1 Å². The summed E-state index contributed by atoms with van der Waals surface area (Å²) in [6, 6.07) is 12.6. The van der Waals surface area contributed by atoms with Gasteiger partial charge in [0, 0.05) is 18.9 Å². The van der Waals surface area contributed by atoms with Crippen LogP contribution in [-0.2, 0) is 10.5 Å². The Balaban J connectivity index is 1.76. The first-order valence-corrected chi connectivity index (χ1v) is 9.89. The van der Waals surface area contributed by atoms with Gasteiger partial charge in [-0.25, -0.2) is 0 Å². The van der Waals surface area contributed by atoms with E-state index in [0.29, 0.717) is 24.7 Å². The van der Waals surface area contributed by atoms with Crippen molar-refractivity contribution in [3.05, 3.63) is 63.7 Å². The van der Waals surface area contributed by atoms with Crippen molar-refractivity contribution in [1.82, 2.24) is 4.90 Å². The van der Waals surface area contributed by atoms with Gasteiger partial charge in [0.15, 0.2) is 5.75 Å². The number of methoxy groups -OCH3 is 1. The number of carbonyl (C=O) groups is 1. The first kappa shape index (κ1) is 21.6. The van der Waals surface area contributed by atoms with Gasteiger partial charge in [-0.15, -0.1) is 11.8 Å². The molecule has 28 heavy (non-hydrogen) atoms. The number of hydrogen-bond acceptors (Lipinski definition) is 6. The van der Waals surface area contributed by atoms with E-state index in [1.165, 1.54) is 24.9 Å². The second-order valence-electron chi connectivity index (χ2n) is 6.19. The molecule has 0 fully saturated rings. The van der Waals surface area contributed by atoms with Crippen molar-refractivity contribution in [2.45, 2.75) is 12.7 Å². The van der Waals surface area contributed by atoms with Crippen molar-refractivity contribution < 1.29 is 19.2 Å². The van der Waals surface area contributed by atoms with Crippen LogP contribution in [0.25, 0.3) is 0 Å². The van der Waals surface area contributed by atoms with Gasteiger partial charge in [-0.1, -0.05) is 24.3 Å². The molecular formula is C20H24N2O5S. The summed E-state index contributed by atoms with van der Waals surface area (Å²) in [5, 5.41) is 11.1. The lowest BCUT2D eigenvalue weighted by Crippen LogP contribution is -2.32. The zero-order valence-electron chi connectivity index (χ0n) is 16.2. The smallest absolute Gasteiger partial charge is 0.311 e. The van der Waals surface area contributed by atoms with Crippen molar-refractivity contribution in [3.8, 4) is 11.5 Å². The van der Waals surface area contributed by atoms with Crippen LogP contribution in [0.3, 0.4) is 0 Å². The van der Waals surface area contributed by atoms with E-state index in [4.69, 9.17) is 9.47 Å². The van der Waals surface area contributed by atoms with E-state index in [1.54, 1.807) is 24.1 Å². The summed E-state index contributed by atoms with van der Waals surface area (Å²) < 4.78 is 10.7. The minimum atomic E-state index is -0.472. The van der Waals surface area contributed by atoms with Gasteiger partial charge in [-0.2, -0.15) is 0 Å². The van der Waals surface area contributed by atoms with E-state index in [0.717, 1.165) is 16.9 Å². The van der Waals surface area contributed by atoms with Gasteiger partial charge in [0.1, 0.15) is 12.4 Å².